The van der Waals surface area contributed by atoms with Crippen molar-refractivity contribution in [3.8, 4) is 0 Å². The minimum absolute atomic E-state index is 0.362. The molecule has 6 heteroatoms. The second-order valence-corrected chi connectivity index (χ2v) is 6.36. The third kappa shape index (κ3) is 6.30. The number of ether oxygens (including phenoxy) is 2. The molecule has 0 aliphatic carbocycles. The van der Waals surface area contributed by atoms with Crippen molar-refractivity contribution < 1.29 is 9.47 Å². The Hall–Kier alpha value is -1.30. The van der Waals surface area contributed by atoms with E-state index in [9.17, 15) is 0 Å². The van der Waals surface area contributed by atoms with Crippen LogP contribution in [0.25, 0.3) is 0 Å². The first-order valence-electron chi connectivity index (χ1n) is 8.55. The van der Waals surface area contributed by atoms with Crippen LogP contribution in [0.5, 0.6) is 0 Å². The fourth-order valence-electron chi connectivity index (χ4n) is 2.71. The van der Waals surface area contributed by atoms with Crippen molar-refractivity contribution in [3.05, 3.63) is 34.9 Å². The van der Waals surface area contributed by atoms with E-state index in [0.717, 1.165) is 68.7 Å². The largest absolute Gasteiger partial charge is 0.381 e. The van der Waals surface area contributed by atoms with E-state index in [4.69, 9.17) is 21.1 Å². The molecule has 1 heterocycles. The van der Waals surface area contributed by atoms with E-state index >= 15 is 0 Å². The summed E-state index contributed by atoms with van der Waals surface area (Å²) in [4.78, 5) is 6.40. The summed E-state index contributed by atoms with van der Waals surface area (Å²) >= 11 is 6.22. The van der Waals surface area contributed by atoms with Crippen LogP contribution in [0.1, 0.15) is 24.8 Å². The van der Waals surface area contributed by atoms with E-state index in [-0.39, 0.29) is 0 Å². The van der Waals surface area contributed by atoms with Gasteiger partial charge in [-0.3, -0.25) is 4.99 Å². The maximum atomic E-state index is 6.22. The molecular formula is C18H28ClN3O2. The molecule has 0 saturated carbocycles. The summed E-state index contributed by atoms with van der Waals surface area (Å²) in [6.07, 6.45) is 3.34. The molecular weight excluding hydrogens is 326 g/mol. The van der Waals surface area contributed by atoms with Crippen molar-refractivity contribution in [3.63, 3.8) is 0 Å². The van der Waals surface area contributed by atoms with Crippen LogP contribution in [-0.4, -0.2) is 57.4 Å². The number of hydrogen-bond donors (Lipinski definition) is 1. The zero-order valence-electron chi connectivity index (χ0n) is 14.6. The van der Waals surface area contributed by atoms with Gasteiger partial charge in [0.15, 0.2) is 5.96 Å². The Balaban J connectivity index is 1.67. The Morgan fingerprint density at radius 3 is 2.83 bits per heavy atom. The molecule has 1 saturated heterocycles. The molecule has 0 unspecified atom stereocenters. The second kappa shape index (κ2) is 10.5. The van der Waals surface area contributed by atoms with Gasteiger partial charge in [-0.05, 0) is 30.9 Å². The molecule has 0 amide bonds. The lowest BCUT2D eigenvalue weighted by atomic mass is 10.1. The lowest BCUT2D eigenvalue weighted by Crippen LogP contribution is -2.39. The molecule has 134 valence electrons. The molecule has 1 fully saturated rings. The Labute approximate surface area is 150 Å². The molecule has 1 aromatic carbocycles. The zero-order chi connectivity index (χ0) is 17.2. The first-order valence-corrected chi connectivity index (χ1v) is 8.93. The van der Waals surface area contributed by atoms with Crippen molar-refractivity contribution in [1.29, 1.82) is 0 Å². The van der Waals surface area contributed by atoms with Crippen LogP contribution in [0.2, 0.25) is 5.02 Å². The van der Waals surface area contributed by atoms with Gasteiger partial charge in [-0.25, -0.2) is 0 Å². The van der Waals surface area contributed by atoms with Crippen LogP contribution in [0.15, 0.2) is 29.3 Å². The van der Waals surface area contributed by atoms with Gasteiger partial charge in [0.1, 0.15) is 0 Å². The SMILES string of the molecule is CN=C(NCCCOC1CCOCC1)N(C)Cc1ccccc1Cl. The van der Waals surface area contributed by atoms with E-state index in [1.807, 2.05) is 31.3 Å². The number of rotatable bonds is 7. The Bertz CT molecular complexity index is 519. The summed E-state index contributed by atoms with van der Waals surface area (Å²) in [5, 5.41) is 4.16. The number of benzene rings is 1. The molecule has 2 rings (SSSR count). The van der Waals surface area contributed by atoms with Crippen molar-refractivity contribution >= 4 is 17.6 Å². The average molecular weight is 354 g/mol. The van der Waals surface area contributed by atoms with Gasteiger partial charge >= 0.3 is 0 Å². The van der Waals surface area contributed by atoms with Gasteiger partial charge in [-0.15, -0.1) is 0 Å². The molecule has 0 radical (unpaired) electrons. The predicted molar refractivity (Wildman–Crippen MR) is 98.7 cm³/mol. The van der Waals surface area contributed by atoms with Gasteiger partial charge in [-0.2, -0.15) is 0 Å². The molecule has 1 N–H and O–H groups in total. The van der Waals surface area contributed by atoms with E-state index < -0.39 is 0 Å². The fourth-order valence-corrected chi connectivity index (χ4v) is 2.90. The van der Waals surface area contributed by atoms with Crippen LogP contribution in [0.4, 0.5) is 0 Å². The van der Waals surface area contributed by atoms with Gasteiger partial charge in [0.2, 0.25) is 0 Å². The molecule has 24 heavy (non-hydrogen) atoms. The highest BCUT2D eigenvalue weighted by atomic mass is 35.5. The summed E-state index contributed by atoms with van der Waals surface area (Å²) in [6, 6.07) is 7.89. The van der Waals surface area contributed by atoms with Gasteiger partial charge < -0.3 is 19.7 Å². The van der Waals surface area contributed by atoms with Crippen LogP contribution in [-0.2, 0) is 16.0 Å². The van der Waals surface area contributed by atoms with Crippen molar-refractivity contribution in [2.24, 2.45) is 4.99 Å². The average Bonchev–Trinajstić information content (AvgIpc) is 2.61. The van der Waals surface area contributed by atoms with E-state index in [1.165, 1.54) is 0 Å². The highest BCUT2D eigenvalue weighted by Gasteiger charge is 2.13. The number of nitrogens with one attached hydrogen (secondary N) is 1. The quantitative estimate of drug-likeness (QED) is 0.465. The minimum Gasteiger partial charge on any atom is -0.381 e. The third-order valence-electron chi connectivity index (χ3n) is 4.06. The Morgan fingerprint density at radius 1 is 1.38 bits per heavy atom. The molecule has 1 aliphatic heterocycles. The first-order chi connectivity index (χ1) is 11.7. The van der Waals surface area contributed by atoms with E-state index in [2.05, 4.69) is 15.2 Å². The normalized spacial score (nSPS) is 16.2. The summed E-state index contributed by atoms with van der Waals surface area (Å²) in [6.45, 7) is 3.97. The first kappa shape index (κ1) is 19.0. The van der Waals surface area contributed by atoms with Crippen LogP contribution >= 0.6 is 11.6 Å². The third-order valence-corrected chi connectivity index (χ3v) is 4.43. The topological polar surface area (TPSA) is 46.1 Å². The molecule has 1 aromatic rings. The Kier molecular flexibility index (Phi) is 8.36. The molecule has 1 aliphatic rings. The summed E-state index contributed by atoms with van der Waals surface area (Å²) in [7, 11) is 3.81. The lowest BCUT2D eigenvalue weighted by Gasteiger charge is -2.24. The summed E-state index contributed by atoms with van der Waals surface area (Å²) in [5.41, 5.74) is 1.09. The standard InChI is InChI=1S/C18H28ClN3O2/c1-20-18(22(2)14-15-6-3-4-7-17(15)19)21-10-5-11-24-16-8-12-23-13-9-16/h3-4,6-7,16H,5,8-14H2,1-2H3,(H,20,21). The number of hydrogen-bond acceptors (Lipinski definition) is 3. The maximum absolute atomic E-state index is 6.22. The fraction of sp³-hybridized carbons (Fsp3) is 0.611. The summed E-state index contributed by atoms with van der Waals surface area (Å²) in [5.74, 6) is 0.862. The zero-order valence-corrected chi connectivity index (χ0v) is 15.4. The van der Waals surface area contributed by atoms with E-state index in [1.54, 1.807) is 7.05 Å². The maximum Gasteiger partial charge on any atom is 0.193 e. The van der Waals surface area contributed by atoms with Crippen molar-refractivity contribution in [2.45, 2.75) is 31.9 Å². The predicted octanol–water partition coefficient (Wildman–Crippen LogP) is 2.93. The van der Waals surface area contributed by atoms with Crippen LogP contribution < -0.4 is 5.32 Å². The molecule has 5 nitrogen and oxygen atoms in total. The lowest BCUT2D eigenvalue weighted by molar-refractivity contribution is -0.0320. The highest BCUT2D eigenvalue weighted by Crippen LogP contribution is 2.16. The smallest absolute Gasteiger partial charge is 0.193 e. The Morgan fingerprint density at radius 2 is 2.12 bits per heavy atom. The molecule has 0 atom stereocenters. The summed E-state index contributed by atoms with van der Waals surface area (Å²) < 4.78 is 11.2. The van der Waals surface area contributed by atoms with Gasteiger partial charge in [0.05, 0.1) is 6.10 Å². The second-order valence-electron chi connectivity index (χ2n) is 5.96. The molecule has 0 aromatic heterocycles. The van der Waals surface area contributed by atoms with Crippen molar-refractivity contribution in [1.82, 2.24) is 10.2 Å². The molecule has 0 spiro atoms. The van der Waals surface area contributed by atoms with E-state index in [0.29, 0.717) is 6.10 Å². The number of nitrogens with zero attached hydrogens (tertiary/aromatic N) is 2. The van der Waals surface area contributed by atoms with Crippen LogP contribution in [0.3, 0.4) is 0 Å². The van der Waals surface area contributed by atoms with Crippen LogP contribution in [0, 0.1) is 0 Å². The van der Waals surface area contributed by atoms with Gasteiger partial charge in [0.25, 0.3) is 0 Å². The number of halogens is 1. The monoisotopic (exact) mass is 353 g/mol. The number of aliphatic imine (C=N–C) groups is 1. The highest BCUT2D eigenvalue weighted by molar-refractivity contribution is 6.31. The van der Waals surface area contributed by atoms with Gasteiger partial charge in [0, 0.05) is 52.0 Å². The molecule has 0 bridgehead atoms. The number of guanidine groups is 1. The van der Waals surface area contributed by atoms with Crippen molar-refractivity contribution in [2.75, 3.05) is 40.5 Å². The van der Waals surface area contributed by atoms with Gasteiger partial charge in [-0.1, -0.05) is 29.8 Å². The minimum atomic E-state index is 0.362.